The van der Waals surface area contributed by atoms with E-state index in [1.165, 1.54) is 12.1 Å². The van der Waals surface area contributed by atoms with E-state index in [4.69, 9.17) is 10.00 Å². The molecule has 0 spiro atoms. The fourth-order valence-electron chi connectivity index (χ4n) is 2.96. The number of amides is 1. The number of nitriles is 1. The van der Waals surface area contributed by atoms with Gasteiger partial charge in [0.15, 0.2) is 5.69 Å². The summed E-state index contributed by atoms with van der Waals surface area (Å²) in [5.74, 6) is -1.44. The molecule has 31 heavy (non-hydrogen) atoms. The molecular formula is C22H21N5O4. The summed E-state index contributed by atoms with van der Waals surface area (Å²) in [4.78, 5) is 31.8. The Morgan fingerprint density at radius 2 is 1.97 bits per heavy atom. The maximum absolute atomic E-state index is 12.5. The smallest absolute Gasteiger partial charge is 0.354 e. The fraction of sp³-hybridized carbons (Fsp3) is 0.227. The van der Waals surface area contributed by atoms with Crippen molar-refractivity contribution >= 4 is 11.9 Å². The first-order chi connectivity index (χ1) is 15.0. The van der Waals surface area contributed by atoms with Crippen LogP contribution in [0.1, 0.15) is 44.7 Å². The largest absolute Gasteiger partial charge is 0.494 e. The van der Waals surface area contributed by atoms with Crippen molar-refractivity contribution in [1.82, 2.24) is 19.9 Å². The first-order valence-corrected chi connectivity index (χ1v) is 9.64. The van der Waals surface area contributed by atoms with Crippen LogP contribution < -0.4 is 10.1 Å². The van der Waals surface area contributed by atoms with Crippen LogP contribution in [0.3, 0.4) is 0 Å². The van der Waals surface area contributed by atoms with Crippen molar-refractivity contribution in [3.63, 3.8) is 0 Å². The van der Waals surface area contributed by atoms with Gasteiger partial charge in [-0.1, -0.05) is 12.1 Å². The van der Waals surface area contributed by atoms with E-state index in [0.717, 1.165) is 11.3 Å². The van der Waals surface area contributed by atoms with Crippen LogP contribution in [0.5, 0.6) is 5.75 Å². The van der Waals surface area contributed by atoms with Gasteiger partial charge in [-0.05, 0) is 24.6 Å². The zero-order valence-corrected chi connectivity index (χ0v) is 16.9. The lowest BCUT2D eigenvalue weighted by Crippen LogP contribution is -2.27. The average Bonchev–Trinajstić information content (AvgIpc) is 3.21. The van der Waals surface area contributed by atoms with Crippen molar-refractivity contribution in [2.45, 2.75) is 19.9 Å². The highest BCUT2D eigenvalue weighted by molar-refractivity contribution is 5.94. The Balaban J connectivity index is 1.62. The number of imidazole rings is 1. The number of nitrogens with zero attached hydrogens (tertiary/aromatic N) is 4. The van der Waals surface area contributed by atoms with Gasteiger partial charge in [-0.3, -0.25) is 4.79 Å². The molecule has 1 amide bonds. The van der Waals surface area contributed by atoms with Gasteiger partial charge < -0.3 is 19.7 Å². The third-order valence-corrected chi connectivity index (χ3v) is 4.46. The van der Waals surface area contributed by atoms with Crippen molar-refractivity contribution in [3.05, 3.63) is 77.1 Å². The summed E-state index contributed by atoms with van der Waals surface area (Å²) in [6.45, 7) is 3.02. The average molecular weight is 419 g/mol. The summed E-state index contributed by atoms with van der Waals surface area (Å²) in [5, 5.41) is 20.8. The Kier molecular flexibility index (Phi) is 6.96. The molecule has 0 aliphatic carbocycles. The van der Waals surface area contributed by atoms with Gasteiger partial charge in [-0.25, -0.2) is 14.8 Å². The van der Waals surface area contributed by atoms with Gasteiger partial charge in [-0.2, -0.15) is 5.26 Å². The second-order valence-electron chi connectivity index (χ2n) is 6.64. The number of aromatic carboxylic acids is 1. The molecule has 2 N–H and O–H groups in total. The molecule has 2 aromatic heterocycles. The maximum atomic E-state index is 12.5. The summed E-state index contributed by atoms with van der Waals surface area (Å²) in [6, 6.07) is 12.1. The van der Waals surface area contributed by atoms with E-state index in [1.54, 1.807) is 31.6 Å². The van der Waals surface area contributed by atoms with Crippen molar-refractivity contribution in [3.8, 4) is 11.8 Å². The molecule has 0 fully saturated rings. The first-order valence-electron chi connectivity index (χ1n) is 9.64. The molecule has 0 unspecified atom stereocenters. The van der Waals surface area contributed by atoms with Gasteiger partial charge >= 0.3 is 5.97 Å². The lowest BCUT2D eigenvalue weighted by atomic mass is 10.1. The zero-order valence-electron chi connectivity index (χ0n) is 16.9. The molecular weight excluding hydrogens is 398 g/mol. The van der Waals surface area contributed by atoms with Crippen molar-refractivity contribution in [2.24, 2.45) is 0 Å². The number of rotatable bonds is 9. The molecule has 0 radical (unpaired) electrons. The number of carbonyl (C=O) groups is 2. The van der Waals surface area contributed by atoms with Crippen LogP contribution in [0.4, 0.5) is 0 Å². The van der Waals surface area contributed by atoms with E-state index in [-0.39, 0.29) is 17.1 Å². The lowest BCUT2D eigenvalue weighted by Gasteiger charge is -2.10. The summed E-state index contributed by atoms with van der Waals surface area (Å²) in [6.07, 6.45) is 3.97. The van der Waals surface area contributed by atoms with E-state index >= 15 is 0 Å². The quantitative estimate of drug-likeness (QED) is 0.544. The second kappa shape index (κ2) is 10.0. The third-order valence-electron chi connectivity index (χ3n) is 4.46. The predicted molar refractivity (Wildman–Crippen MR) is 111 cm³/mol. The monoisotopic (exact) mass is 419 g/mol. The van der Waals surface area contributed by atoms with E-state index < -0.39 is 11.9 Å². The minimum absolute atomic E-state index is 0.0190. The van der Waals surface area contributed by atoms with Crippen LogP contribution in [0.25, 0.3) is 0 Å². The van der Waals surface area contributed by atoms with E-state index in [9.17, 15) is 14.7 Å². The molecule has 0 saturated carbocycles. The van der Waals surface area contributed by atoms with E-state index in [2.05, 4.69) is 21.4 Å². The van der Waals surface area contributed by atoms with Gasteiger partial charge in [0.2, 0.25) is 0 Å². The van der Waals surface area contributed by atoms with Crippen LogP contribution in [-0.2, 0) is 13.0 Å². The summed E-state index contributed by atoms with van der Waals surface area (Å²) in [5.41, 5.74) is 2.28. The van der Waals surface area contributed by atoms with Gasteiger partial charge in [0.05, 0.1) is 24.6 Å². The summed E-state index contributed by atoms with van der Waals surface area (Å²) >= 11 is 0. The number of hydrogen-bond donors (Lipinski definition) is 2. The summed E-state index contributed by atoms with van der Waals surface area (Å²) in [7, 11) is 0. The van der Waals surface area contributed by atoms with Crippen molar-refractivity contribution in [2.75, 3.05) is 13.2 Å². The van der Waals surface area contributed by atoms with E-state index in [0.29, 0.717) is 31.7 Å². The topological polar surface area (TPSA) is 130 Å². The number of carboxylic acid groups (broad SMARTS) is 1. The van der Waals surface area contributed by atoms with Crippen LogP contribution in [0.2, 0.25) is 0 Å². The number of pyridine rings is 1. The standard InChI is InChI=1S/C22H21N5O4/c1-2-31-18-9-19(26-20(10-18)22(29)30)21(28)25-8-7-17-12-24-14-27(17)13-16-5-3-15(11-23)4-6-16/h3-6,9-10,12,14H,2,7-8,13H2,1H3,(H,25,28)(H,29,30). The normalized spacial score (nSPS) is 10.3. The van der Waals surface area contributed by atoms with Crippen molar-refractivity contribution < 1.29 is 19.4 Å². The number of aromatic nitrogens is 3. The van der Waals surface area contributed by atoms with Crippen LogP contribution >= 0.6 is 0 Å². The summed E-state index contributed by atoms with van der Waals surface area (Å²) < 4.78 is 7.29. The van der Waals surface area contributed by atoms with Gasteiger partial charge in [0.25, 0.3) is 5.91 Å². The Morgan fingerprint density at radius 3 is 2.65 bits per heavy atom. The Labute approximate surface area is 178 Å². The maximum Gasteiger partial charge on any atom is 0.354 e. The van der Waals surface area contributed by atoms with Gasteiger partial charge in [0.1, 0.15) is 11.4 Å². The molecule has 9 nitrogen and oxygen atoms in total. The highest BCUT2D eigenvalue weighted by Crippen LogP contribution is 2.15. The zero-order chi connectivity index (χ0) is 22.2. The Bertz CT molecular complexity index is 1120. The molecule has 0 atom stereocenters. The highest BCUT2D eigenvalue weighted by atomic mass is 16.5. The first kappa shape index (κ1) is 21.5. The number of hydrogen-bond acceptors (Lipinski definition) is 6. The molecule has 3 aromatic rings. The Morgan fingerprint density at radius 1 is 1.23 bits per heavy atom. The number of carbonyl (C=O) groups excluding carboxylic acids is 1. The molecule has 3 rings (SSSR count). The number of carboxylic acids is 1. The van der Waals surface area contributed by atoms with Crippen molar-refractivity contribution in [1.29, 1.82) is 5.26 Å². The molecule has 0 bridgehead atoms. The third kappa shape index (κ3) is 5.67. The molecule has 0 aliphatic rings. The predicted octanol–water partition coefficient (Wildman–Crippen LogP) is 2.27. The van der Waals surface area contributed by atoms with Gasteiger partial charge in [0, 0.05) is 43.5 Å². The second-order valence-corrected chi connectivity index (χ2v) is 6.64. The number of nitrogens with one attached hydrogen (secondary N) is 1. The molecule has 158 valence electrons. The lowest BCUT2D eigenvalue weighted by molar-refractivity contribution is 0.0689. The van der Waals surface area contributed by atoms with Crippen LogP contribution in [0.15, 0.2) is 48.9 Å². The number of benzene rings is 1. The number of ether oxygens (including phenoxy) is 1. The molecule has 1 aromatic carbocycles. The van der Waals surface area contributed by atoms with Crippen LogP contribution in [0, 0.1) is 11.3 Å². The molecule has 2 heterocycles. The fourth-order valence-corrected chi connectivity index (χ4v) is 2.96. The molecule has 0 saturated heterocycles. The molecule has 0 aliphatic heterocycles. The van der Waals surface area contributed by atoms with Crippen LogP contribution in [-0.4, -0.2) is 44.7 Å². The van der Waals surface area contributed by atoms with Gasteiger partial charge in [-0.15, -0.1) is 0 Å². The van der Waals surface area contributed by atoms with E-state index in [1.807, 2.05) is 16.7 Å². The highest BCUT2D eigenvalue weighted by Gasteiger charge is 2.15. The Hall–Kier alpha value is -4.19. The SMILES string of the molecule is CCOc1cc(C(=O)O)nc(C(=O)NCCc2cncn2Cc2ccc(C#N)cc2)c1. The minimum atomic E-state index is -1.23. The minimum Gasteiger partial charge on any atom is -0.494 e. The molecule has 9 heteroatoms.